The second kappa shape index (κ2) is 6.79. The van der Waals surface area contributed by atoms with Crippen molar-refractivity contribution in [3.05, 3.63) is 28.8 Å². The molecule has 1 aromatic rings. The lowest BCUT2D eigenvalue weighted by molar-refractivity contribution is 0.372. The number of benzene rings is 1. The van der Waals surface area contributed by atoms with Crippen molar-refractivity contribution < 1.29 is 0 Å². The number of likely N-dealkylation sites (N-methyl/N-ethyl adjacent to an activating group) is 1. The van der Waals surface area contributed by atoms with Gasteiger partial charge in [0.2, 0.25) is 0 Å². The molecule has 1 heterocycles. The van der Waals surface area contributed by atoms with Crippen LogP contribution in [-0.4, -0.2) is 44.2 Å². The Kier molecular flexibility index (Phi) is 5.30. The molecule has 2 unspecified atom stereocenters. The Morgan fingerprint density at radius 1 is 1.45 bits per heavy atom. The highest BCUT2D eigenvalue weighted by molar-refractivity contribution is 6.30. The fraction of sp³-hybridized carbons (Fsp3) is 0.625. The molecule has 1 aromatic carbocycles. The van der Waals surface area contributed by atoms with Crippen LogP contribution < -0.4 is 10.6 Å². The van der Waals surface area contributed by atoms with Crippen molar-refractivity contribution in [2.75, 3.05) is 32.1 Å². The van der Waals surface area contributed by atoms with E-state index in [0.717, 1.165) is 24.5 Å². The summed E-state index contributed by atoms with van der Waals surface area (Å²) >= 11 is 6.16. The molecule has 1 aliphatic rings. The van der Waals surface area contributed by atoms with E-state index in [2.05, 4.69) is 36.0 Å². The molecule has 0 spiro atoms. The highest BCUT2D eigenvalue weighted by atomic mass is 35.5. The van der Waals surface area contributed by atoms with E-state index in [1.807, 2.05) is 13.0 Å². The first-order valence-electron chi connectivity index (χ1n) is 7.42. The lowest BCUT2D eigenvalue weighted by Gasteiger charge is -2.31. The Morgan fingerprint density at radius 2 is 2.20 bits per heavy atom. The zero-order valence-electron chi connectivity index (χ0n) is 12.8. The minimum Gasteiger partial charge on any atom is -0.367 e. The Hall–Kier alpha value is -0.770. The summed E-state index contributed by atoms with van der Waals surface area (Å²) in [6.45, 7) is 4.28. The maximum Gasteiger partial charge on any atom is 0.0417 e. The Morgan fingerprint density at radius 3 is 2.85 bits per heavy atom. The van der Waals surface area contributed by atoms with Crippen molar-refractivity contribution in [2.45, 2.75) is 38.3 Å². The first kappa shape index (κ1) is 15.6. The zero-order chi connectivity index (χ0) is 14.7. The van der Waals surface area contributed by atoms with Gasteiger partial charge in [0.05, 0.1) is 0 Å². The van der Waals surface area contributed by atoms with Gasteiger partial charge in [0.25, 0.3) is 0 Å². The molecule has 2 rings (SSSR count). The number of hydrogen-bond donors (Lipinski definition) is 1. The highest BCUT2D eigenvalue weighted by Gasteiger charge is 2.26. The predicted molar refractivity (Wildman–Crippen MR) is 87.7 cm³/mol. The normalized spacial score (nSPS) is 20.7. The molecule has 4 heteroatoms. The number of nitrogens with zero attached hydrogens (tertiary/aromatic N) is 2. The molecule has 0 aliphatic carbocycles. The van der Waals surface area contributed by atoms with E-state index in [1.54, 1.807) is 0 Å². The minimum atomic E-state index is 0.155. The van der Waals surface area contributed by atoms with Crippen LogP contribution in [0.25, 0.3) is 0 Å². The van der Waals surface area contributed by atoms with Crippen molar-refractivity contribution in [3.8, 4) is 0 Å². The van der Waals surface area contributed by atoms with Gasteiger partial charge in [0, 0.05) is 35.9 Å². The minimum absolute atomic E-state index is 0.155. The predicted octanol–water partition coefficient (Wildman–Crippen LogP) is 2.76. The third kappa shape index (κ3) is 3.87. The molecule has 1 saturated heterocycles. The maximum atomic E-state index is 6.16. The lowest BCUT2D eigenvalue weighted by atomic mass is 10.0. The van der Waals surface area contributed by atoms with Crippen LogP contribution in [0, 0.1) is 0 Å². The monoisotopic (exact) mass is 295 g/mol. The van der Waals surface area contributed by atoms with Crippen LogP contribution in [0.3, 0.4) is 0 Å². The van der Waals surface area contributed by atoms with Crippen molar-refractivity contribution in [1.29, 1.82) is 0 Å². The molecule has 0 bridgehead atoms. The van der Waals surface area contributed by atoms with E-state index in [4.69, 9.17) is 17.3 Å². The number of anilines is 1. The largest absolute Gasteiger partial charge is 0.367 e. The average Bonchev–Trinajstić information content (AvgIpc) is 2.75. The van der Waals surface area contributed by atoms with Crippen LogP contribution in [0.15, 0.2) is 18.2 Å². The fourth-order valence-electron chi connectivity index (χ4n) is 3.11. The second-order valence-corrected chi connectivity index (χ2v) is 6.64. The SMILES string of the molecule is CC(N)Cc1cc(Cl)ccc1N1CCCC1CN(C)C. The Bertz CT molecular complexity index is 445. The molecule has 20 heavy (non-hydrogen) atoms. The summed E-state index contributed by atoms with van der Waals surface area (Å²) in [4.78, 5) is 4.80. The summed E-state index contributed by atoms with van der Waals surface area (Å²) in [6, 6.07) is 6.98. The van der Waals surface area contributed by atoms with Gasteiger partial charge in [-0.15, -0.1) is 0 Å². The van der Waals surface area contributed by atoms with Gasteiger partial charge in [-0.3, -0.25) is 0 Å². The summed E-state index contributed by atoms with van der Waals surface area (Å²) in [5.74, 6) is 0. The number of nitrogens with two attached hydrogens (primary N) is 1. The van der Waals surface area contributed by atoms with Gasteiger partial charge in [-0.2, -0.15) is 0 Å². The van der Waals surface area contributed by atoms with E-state index in [9.17, 15) is 0 Å². The summed E-state index contributed by atoms with van der Waals surface area (Å²) in [7, 11) is 4.28. The van der Waals surface area contributed by atoms with Gasteiger partial charge in [0.1, 0.15) is 0 Å². The number of rotatable bonds is 5. The molecular weight excluding hydrogens is 270 g/mol. The van der Waals surface area contributed by atoms with Gasteiger partial charge in [-0.25, -0.2) is 0 Å². The third-order valence-corrected chi connectivity index (χ3v) is 4.08. The standard InChI is InChI=1S/C16H26ClN3/c1-12(18)9-13-10-14(17)6-7-16(13)20-8-4-5-15(20)11-19(2)3/h6-7,10,12,15H,4-5,8-9,11,18H2,1-3H3. The molecule has 0 radical (unpaired) electrons. The van der Waals surface area contributed by atoms with Gasteiger partial charge >= 0.3 is 0 Å². The Labute approximate surface area is 127 Å². The molecule has 0 aromatic heterocycles. The van der Waals surface area contributed by atoms with Crippen LogP contribution in [0.1, 0.15) is 25.3 Å². The topological polar surface area (TPSA) is 32.5 Å². The molecule has 2 atom stereocenters. The van der Waals surface area contributed by atoms with Crippen LogP contribution in [0.4, 0.5) is 5.69 Å². The number of halogens is 1. The van der Waals surface area contributed by atoms with Crippen LogP contribution in [0.2, 0.25) is 5.02 Å². The molecule has 0 amide bonds. The molecule has 1 aliphatic heterocycles. The third-order valence-electron chi connectivity index (χ3n) is 3.85. The van der Waals surface area contributed by atoms with E-state index in [0.29, 0.717) is 6.04 Å². The van der Waals surface area contributed by atoms with Crippen LogP contribution >= 0.6 is 11.6 Å². The van der Waals surface area contributed by atoms with Crippen LogP contribution in [0.5, 0.6) is 0 Å². The van der Waals surface area contributed by atoms with Crippen molar-refractivity contribution in [2.24, 2.45) is 5.73 Å². The van der Waals surface area contributed by atoms with Crippen molar-refractivity contribution in [1.82, 2.24) is 4.90 Å². The highest BCUT2D eigenvalue weighted by Crippen LogP contribution is 2.31. The first-order valence-corrected chi connectivity index (χ1v) is 7.80. The molecular formula is C16H26ClN3. The van der Waals surface area contributed by atoms with E-state index >= 15 is 0 Å². The average molecular weight is 296 g/mol. The quantitative estimate of drug-likeness (QED) is 0.906. The maximum absolute atomic E-state index is 6.16. The van der Waals surface area contributed by atoms with Gasteiger partial charge < -0.3 is 15.5 Å². The first-order chi connectivity index (χ1) is 9.47. The van der Waals surface area contributed by atoms with Gasteiger partial charge in [-0.05, 0) is 64.0 Å². The second-order valence-electron chi connectivity index (χ2n) is 6.21. The van der Waals surface area contributed by atoms with E-state index in [1.165, 1.54) is 24.1 Å². The smallest absolute Gasteiger partial charge is 0.0417 e. The van der Waals surface area contributed by atoms with Crippen molar-refractivity contribution in [3.63, 3.8) is 0 Å². The van der Waals surface area contributed by atoms with E-state index in [-0.39, 0.29) is 6.04 Å². The molecule has 2 N–H and O–H groups in total. The zero-order valence-corrected chi connectivity index (χ0v) is 13.5. The molecule has 1 fully saturated rings. The van der Waals surface area contributed by atoms with E-state index < -0.39 is 0 Å². The summed E-state index contributed by atoms with van der Waals surface area (Å²) in [5, 5.41) is 0.799. The molecule has 112 valence electrons. The molecule has 0 saturated carbocycles. The Balaban J connectivity index is 2.26. The molecule has 3 nitrogen and oxygen atoms in total. The summed E-state index contributed by atoms with van der Waals surface area (Å²) < 4.78 is 0. The fourth-order valence-corrected chi connectivity index (χ4v) is 3.30. The van der Waals surface area contributed by atoms with Crippen LogP contribution in [-0.2, 0) is 6.42 Å². The van der Waals surface area contributed by atoms with Crippen molar-refractivity contribution >= 4 is 17.3 Å². The lowest BCUT2D eigenvalue weighted by Crippen LogP contribution is -2.38. The number of hydrogen-bond acceptors (Lipinski definition) is 3. The summed E-state index contributed by atoms with van der Waals surface area (Å²) in [5.41, 5.74) is 8.58. The van der Waals surface area contributed by atoms with Gasteiger partial charge in [0.15, 0.2) is 0 Å². The van der Waals surface area contributed by atoms with Gasteiger partial charge in [-0.1, -0.05) is 11.6 Å². The summed E-state index contributed by atoms with van der Waals surface area (Å²) in [6.07, 6.45) is 3.40.